The summed E-state index contributed by atoms with van der Waals surface area (Å²) < 4.78 is 5.68. The number of rotatable bonds is 6. The topological polar surface area (TPSA) is 89.0 Å². The van der Waals surface area contributed by atoms with Gasteiger partial charge in [0.1, 0.15) is 0 Å². The van der Waals surface area contributed by atoms with E-state index in [1.165, 1.54) is 5.56 Å². The lowest BCUT2D eigenvalue weighted by atomic mass is 9.93. The second-order valence-corrected chi connectivity index (χ2v) is 7.66. The Balaban J connectivity index is 1.44. The number of fused-ring (bicyclic) bond motifs is 1. The van der Waals surface area contributed by atoms with Gasteiger partial charge in [0, 0.05) is 35.9 Å². The van der Waals surface area contributed by atoms with Crippen molar-refractivity contribution in [3.05, 3.63) is 60.0 Å². The summed E-state index contributed by atoms with van der Waals surface area (Å²) in [6, 6.07) is 10.3. The van der Waals surface area contributed by atoms with E-state index in [4.69, 9.17) is 4.74 Å². The molecule has 0 unspecified atom stereocenters. The average molecular weight is 391 g/mol. The minimum atomic E-state index is -0.179. The van der Waals surface area contributed by atoms with Crippen LogP contribution in [0.1, 0.15) is 29.8 Å². The quantitative estimate of drug-likeness (QED) is 0.672. The molecule has 1 aliphatic heterocycles. The third kappa shape index (κ3) is 4.51. The molecule has 0 aliphatic carbocycles. The average Bonchev–Trinajstić information content (AvgIpc) is 3.15. The molecule has 29 heavy (non-hydrogen) atoms. The van der Waals surface area contributed by atoms with Gasteiger partial charge in [-0.1, -0.05) is 18.2 Å². The molecule has 1 amide bonds. The third-order valence-electron chi connectivity index (χ3n) is 5.07. The SMILES string of the molecule is CC(C)Nc1ncc(C(=O)N[C@@H]2COC[C@H]2Cc2ccnc3ccccc23)cn1. The van der Waals surface area contributed by atoms with Crippen molar-refractivity contribution in [2.75, 3.05) is 18.5 Å². The lowest BCUT2D eigenvalue weighted by Crippen LogP contribution is -2.40. The Morgan fingerprint density at radius 2 is 1.93 bits per heavy atom. The molecule has 0 saturated carbocycles. The van der Waals surface area contributed by atoms with Gasteiger partial charge in [-0.3, -0.25) is 9.78 Å². The van der Waals surface area contributed by atoms with Gasteiger partial charge in [-0.05, 0) is 38.0 Å². The van der Waals surface area contributed by atoms with E-state index in [0.717, 1.165) is 17.3 Å². The predicted octanol–water partition coefficient (Wildman–Crippen LogP) is 2.83. The smallest absolute Gasteiger partial charge is 0.254 e. The number of aromatic nitrogens is 3. The van der Waals surface area contributed by atoms with E-state index in [0.29, 0.717) is 24.7 Å². The van der Waals surface area contributed by atoms with Crippen molar-refractivity contribution in [1.82, 2.24) is 20.3 Å². The molecule has 150 valence electrons. The molecule has 0 spiro atoms. The fourth-order valence-electron chi connectivity index (χ4n) is 3.60. The van der Waals surface area contributed by atoms with Gasteiger partial charge in [0.15, 0.2) is 0 Å². The highest BCUT2D eigenvalue weighted by Crippen LogP contribution is 2.24. The molecule has 2 N–H and O–H groups in total. The maximum atomic E-state index is 12.7. The van der Waals surface area contributed by atoms with Crippen LogP contribution in [-0.4, -0.2) is 46.2 Å². The Morgan fingerprint density at radius 1 is 1.14 bits per heavy atom. The van der Waals surface area contributed by atoms with E-state index in [-0.39, 0.29) is 23.9 Å². The number of anilines is 1. The summed E-state index contributed by atoms with van der Waals surface area (Å²) in [6.07, 6.45) is 5.76. The van der Waals surface area contributed by atoms with E-state index < -0.39 is 0 Å². The van der Waals surface area contributed by atoms with Crippen LogP contribution in [0, 0.1) is 5.92 Å². The number of pyridine rings is 1. The minimum absolute atomic E-state index is 0.0529. The van der Waals surface area contributed by atoms with Crippen molar-refractivity contribution >= 4 is 22.8 Å². The number of carbonyl (C=O) groups excluding carboxylic acids is 1. The van der Waals surface area contributed by atoms with Crippen LogP contribution in [-0.2, 0) is 11.2 Å². The van der Waals surface area contributed by atoms with Crippen LogP contribution in [0.4, 0.5) is 5.95 Å². The maximum Gasteiger partial charge on any atom is 0.254 e. The number of amides is 1. The van der Waals surface area contributed by atoms with Gasteiger partial charge >= 0.3 is 0 Å². The summed E-state index contributed by atoms with van der Waals surface area (Å²) in [5.74, 6) is 0.539. The Hall–Kier alpha value is -3.06. The highest BCUT2D eigenvalue weighted by Gasteiger charge is 2.30. The van der Waals surface area contributed by atoms with Gasteiger partial charge in [-0.2, -0.15) is 0 Å². The monoisotopic (exact) mass is 391 g/mol. The van der Waals surface area contributed by atoms with E-state index in [2.05, 4.69) is 31.7 Å². The van der Waals surface area contributed by atoms with Gasteiger partial charge in [-0.25, -0.2) is 9.97 Å². The zero-order valence-corrected chi connectivity index (χ0v) is 16.6. The summed E-state index contributed by atoms with van der Waals surface area (Å²) in [7, 11) is 0. The lowest BCUT2D eigenvalue weighted by Gasteiger charge is -2.20. The first-order chi connectivity index (χ1) is 14.1. The van der Waals surface area contributed by atoms with Crippen molar-refractivity contribution in [3.8, 4) is 0 Å². The molecular weight excluding hydrogens is 366 g/mol. The van der Waals surface area contributed by atoms with Crippen LogP contribution >= 0.6 is 0 Å². The highest BCUT2D eigenvalue weighted by atomic mass is 16.5. The molecule has 1 saturated heterocycles. The number of ether oxygens (including phenoxy) is 1. The van der Waals surface area contributed by atoms with Crippen molar-refractivity contribution < 1.29 is 9.53 Å². The van der Waals surface area contributed by atoms with E-state index in [1.807, 2.05) is 44.3 Å². The summed E-state index contributed by atoms with van der Waals surface area (Å²) in [6.45, 7) is 5.15. The number of carbonyl (C=O) groups is 1. The summed E-state index contributed by atoms with van der Waals surface area (Å²) in [5.41, 5.74) is 2.65. The second kappa shape index (κ2) is 8.53. The molecule has 7 nitrogen and oxygen atoms in total. The molecule has 1 aliphatic rings. The fourth-order valence-corrected chi connectivity index (χ4v) is 3.60. The zero-order valence-electron chi connectivity index (χ0n) is 16.6. The number of nitrogens with zero attached hydrogens (tertiary/aromatic N) is 3. The molecule has 3 aromatic rings. The van der Waals surface area contributed by atoms with Crippen LogP contribution < -0.4 is 10.6 Å². The molecule has 4 rings (SSSR count). The first kappa shape index (κ1) is 19.3. The summed E-state index contributed by atoms with van der Waals surface area (Å²) in [5, 5.41) is 7.35. The first-order valence-corrected chi connectivity index (χ1v) is 9.90. The van der Waals surface area contributed by atoms with Gasteiger partial charge in [0.05, 0.1) is 30.3 Å². The number of nitrogens with one attached hydrogen (secondary N) is 2. The fraction of sp³-hybridized carbons (Fsp3) is 0.364. The van der Waals surface area contributed by atoms with Gasteiger partial charge in [-0.15, -0.1) is 0 Å². The van der Waals surface area contributed by atoms with Crippen LogP contribution in [0.5, 0.6) is 0 Å². The van der Waals surface area contributed by atoms with Gasteiger partial charge < -0.3 is 15.4 Å². The Labute approximate surface area is 169 Å². The first-order valence-electron chi connectivity index (χ1n) is 9.90. The van der Waals surface area contributed by atoms with Crippen molar-refractivity contribution in [2.45, 2.75) is 32.4 Å². The minimum Gasteiger partial charge on any atom is -0.379 e. The number of hydrogen-bond donors (Lipinski definition) is 2. The Morgan fingerprint density at radius 3 is 2.72 bits per heavy atom. The van der Waals surface area contributed by atoms with Gasteiger partial charge in [0.25, 0.3) is 5.91 Å². The molecule has 0 radical (unpaired) electrons. The molecule has 1 fully saturated rings. The second-order valence-electron chi connectivity index (χ2n) is 7.66. The normalized spacial score (nSPS) is 18.9. The molecule has 2 atom stereocenters. The lowest BCUT2D eigenvalue weighted by molar-refractivity contribution is 0.0924. The molecule has 7 heteroatoms. The Bertz CT molecular complexity index is 985. The summed E-state index contributed by atoms with van der Waals surface area (Å²) in [4.78, 5) is 25.5. The number of benzene rings is 1. The maximum absolute atomic E-state index is 12.7. The van der Waals surface area contributed by atoms with Crippen molar-refractivity contribution in [2.24, 2.45) is 5.92 Å². The largest absolute Gasteiger partial charge is 0.379 e. The standard InChI is InChI=1S/C22H25N5O2/c1-14(2)26-22-24-10-17(11-25-22)21(28)27-20-13-29-12-16(20)9-15-7-8-23-19-6-4-3-5-18(15)19/h3-8,10-11,14,16,20H,9,12-13H2,1-2H3,(H,27,28)(H,24,25,26)/t16-,20-/m1/s1. The zero-order chi connectivity index (χ0) is 20.2. The van der Waals surface area contributed by atoms with E-state index in [9.17, 15) is 4.79 Å². The molecular formula is C22H25N5O2. The van der Waals surface area contributed by atoms with E-state index >= 15 is 0 Å². The highest BCUT2D eigenvalue weighted by molar-refractivity contribution is 5.94. The predicted molar refractivity (Wildman–Crippen MR) is 112 cm³/mol. The molecule has 3 heterocycles. The van der Waals surface area contributed by atoms with Crippen molar-refractivity contribution in [3.63, 3.8) is 0 Å². The summed E-state index contributed by atoms with van der Waals surface area (Å²) >= 11 is 0. The molecule has 0 bridgehead atoms. The molecule has 1 aromatic carbocycles. The van der Waals surface area contributed by atoms with Crippen LogP contribution in [0.3, 0.4) is 0 Å². The van der Waals surface area contributed by atoms with Crippen molar-refractivity contribution in [1.29, 1.82) is 0 Å². The van der Waals surface area contributed by atoms with Crippen LogP contribution in [0.15, 0.2) is 48.9 Å². The number of para-hydroxylation sites is 1. The van der Waals surface area contributed by atoms with Crippen LogP contribution in [0.2, 0.25) is 0 Å². The number of hydrogen-bond acceptors (Lipinski definition) is 6. The Kier molecular flexibility index (Phi) is 5.67. The third-order valence-corrected chi connectivity index (χ3v) is 5.07. The van der Waals surface area contributed by atoms with Crippen LogP contribution in [0.25, 0.3) is 10.9 Å². The van der Waals surface area contributed by atoms with Gasteiger partial charge in [0.2, 0.25) is 5.95 Å². The van der Waals surface area contributed by atoms with E-state index in [1.54, 1.807) is 12.4 Å². The molecule has 2 aromatic heterocycles.